The van der Waals surface area contributed by atoms with Crippen LogP contribution in [-0.2, 0) is 5.54 Å². The summed E-state index contributed by atoms with van der Waals surface area (Å²) in [5.41, 5.74) is 7.42. The molecule has 0 radical (unpaired) electrons. The first-order valence-corrected chi connectivity index (χ1v) is 6.32. The van der Waals surface area contributed by atoms with Crippen molar-refractivity contribution in [3.8, 4) is 0 Å². The van der Waals surface area contributed by atoms with E-state index in [9.17, 15) is 0 Å². The molecule has 0 aliphatic heterocycles. The smallest absolute Gasteiger partial charge is 0.0542 e. The Kier molecular flexibility index (Phi) is 3.05. The molecule has 76 valence electrons. The van der Waals surface area contributed by atoms with Gasteiger partial charge in [0.1, 0.15) is 0 Å². The van der Waals surface area contributed by atoms with Crippen LogP contribution in [0.3, 0.4) is 0 Å². The van der Waals surface area contributed by atoms with Gasteiger partial charge in [0.05, 0.1) is 5.02 Å². The van der Waals surface area contributed by atoms with Crippen molar-refractivity contribution in [2.45, 2.75) is 31.2 Å². The third-order valence-electron chi connectivity index (χ3n) is 2.99. The largest absolute Gasteiger partial charge is 0.321 e. The van der Waals surface area contributed by atoms with Crippen LogP contribution < -0.4 is 5.73 Å². The molecular formula is C11H13ClIN. The molecule has 0 aromatic heterocycles. The monoisotopic (exact) mass is 321 g/mol. The van der Waals surface area contributed by atoms with Crippen molar-refractivity contribution >= 4 is 34.2 Å². The van der Waals surface area contributed by atoms with Crippen LogP contribution >= 0.6 is 34.2 Å². The summed E-state index contributed by atoms with van der Waals surface area (Å²) in [6, 6.07) is 6.18. The van der Waals surface area contributed by atoms with E-state index in [1.54, 1.807) is 0 Å². The molecule has 14 heavy (non-hydrogen) atoms. The predicted octanol–water partition coefficient (Wildman–Crippen LogP) is 3.67. The molecule has 1 aromatic carbocycles. The summed E-state index contributed by atoms with van der Waals surface area (Å²) in [6.07, 6.45) is 4.65. The average molecular weight is 322 g/mol. The molecule has 1 aliphatic rings. The summed E-state index contributed by atoms with van der Waals surface area (Å²) in [4.78, 5) is 0. The number of hydrogen-bond donors (Lipinski definition) is 1. The predicted molar refractivity (Wildman–Crippen MR) is 68.5 cm³/mol. The SMILES string of the molecule is NC1(c2ccc(I)c(Cl)c2)CCCC1. The van der Waals surface area contributed by atoms with E-state index in [1.807, 2.05) is 12.1 Å². The second kappa shape index (κ2) is 3.99. The highest BCUT2D eigenvalue weighted by Gasteiger charge is 2.31. The highest BCUT2D eigenvalue weighted by molar-refractivity contribution is 14.1. The number of benzene rings is 1. The normalized spacial score (nSPS) is 19.9. The Labute approximate surface area is 103 Å². The van der Waals surface area contributed by atoms with Crippen LogP contribution in [0, 0.1) is 3.57 Å². The number of nitrogens with two attached hydrogens (primary N) is 1. The van der Waals surface area contributed by atoms with E-state index in [4.69, 9.17) is 17.3 Å². The van der Waals surface area contributed by atoms with Gasteiger partial charge in [-0.25, -0.2) is 0 Å². The number of rotatable bonds is 1. The Balaban J connectivity index is 2.36. The van der Waals surface area contributed by atoms with Crippen molar-refractivity contribution in [1.29, 1.82) is 0 Å². The lowest BCUT2D eigenvalue weighted by Crippen LogP contribution is -2.32. The topological polar surface area (TPSA) is 26.0 Å². The van der Waals surface area contributed by atoms with Crippen LogP contribution in [0.4, 0.5) is 0 Å². The standard InChI is InChI=1S/C11H13ClIN/c12-9-7-8(3-4-10(9)13)11(14)5-1-2-6-11/h3-4,7H,1-2,5-6,14H2. The third-order valence-corrected chi connectivity index (χ3v) is 4.56. The first-order valence-electron chi connectivity index (χ1n) is 4.86. The lowest BCUT2D eigenvalue weighted by molar-refractivity contribution is 0.461. The van der Waals surface area contributed by atoms with Gasteiger partial charge in [0, 0.05) is 9.11 Å². The minimum absolute atomic E-state index is 0.117. The maximum atomic E-state index is 6.34. The molecule has 3 heteroatoms. The molecule has 0 saturated heterocycles. The van der Waals surface area contributed by atoms with E-state index >= 15 is 0 Å². The van der Waals surface area contributed by atoms with Crippen molar-refractivity contribution < 1.29 is 0 Å². The third kappa shape index (κ3) is 1.92. The summed E-state index contributed by atoms with van der Waals surface area (Å²) >= 11 is 8.33. The van der Waals surface area contributed by atoms with Gasteiger partial charge in [0.15, 0.2) is 0 Å². The quantitative estimate of drug-likeness (QED) is 0.785. The molecule has 1 aromatic rings. The van der Waals surface area contributed by atoms with Crippen LogP contribution in [0.2, 0.25) is 5.02 Å². The highest BCUT2D eigenvalue weighted by atomic mass is 127. The van der Waals surface area contributed by atoms with E-state index in [2.05, 4.69) is 28.7 Å². The molecular weight excluding hydrogens is 308 g/mol. The minimum Gasteiger partial charge on any atom is -0.321 e. The van der Waals surface area contributed by atoms with Crippen molar-refractivity contribution in [2.75, 3.05) is 0 Å². The first kappa shape index (κ1) is 10.7. The van der Waals surface area contributed by atoms with Gasteiger partial charge in [-0.3, -0.25) is 0 Å². The van der Waals surface area contributed by atoms with Gasteiger partial charge in [-0.05, 0) is 53.1 Å². The summed E-state index contributed by atoms with van der Waals surface area (Å²) in [5, 5.41) is 0.819. The van der Waals surface area contributed by atoms with E-state index in [-0.39, 0.29) is 5.54 Å². The van der Waals surface area contributed by atoms with Gasteiger partial charge >= 0.3 is 0 Å². The van der Waals surface area contributed by atoms with E-state index < -0.39 is 0 Å². The van der Waals surface area contributed by atoms with Gasteiger partial charge in [-0.2, -0.15) is 0 Å². The van der Waals surface area contributed by atoms with Crippen LogP contribution in [0.15, 0.2) is 18.2 Å². The Hall–Kier alpha value is 0.200. The van der Waals surface area contributed by atoms with Crippen molar-refractivity contribution in [3.05, 3.63) is 32.4 Å². The second-order valence-electron chi connectivity index (χ2n) is 3.99. The molecule has 0 heterocycles. The molecule has 0 atom stereocenters. The van der Waals surface area contributed by atoms with Crippen molar-refractivity contribution in [1.82, 2.24) is 0 Å². The molecule has 1 nitrogen and oxygen atoms in total. The lowest BCUT2D eigenvalue weighted by atomic mass is 9.90. The summed E-state index contributed by atoms with van der Waals surface area (Å²) in [7, 11) is 0. The Bertz CT molecular complexity index is 345. The van der Waals surface area contributed by atoms with Gasteiger partial charge in [-0.15, -0.1) is 0 Å². The van der Waals surface area contributed by atoms with Crippen LogP contribution in [0.1, 0.15) is 31.2 Å². The molecule has 0 amide bonds. The lowest BCUT2D eigenvalue weighted by Gasteiger charge is -2.24. The van der Waals surface area contributed by atoms with E-state index in [0.717, 1.165) is 21.4 Å². The van der Waals surface area contributed by atoms with Gasteiger partial charge < -0.3 is 5.73 Å². The highest BCUT2D eigenvalue weighted by Crippen LogP contribution is 2.37. The van der Waals surface area contributed by atoms with Crippen LogP contribution in [-0.4, -0.2) is 0 Å². The van der Waals surface area contributed by atoms with Crippen molar-refractivity contribution in [3.63, 3.8) is 0 Å². The molecule has 0 bridgehead atoms. The minimum atomic E-state index is -0.117. The van der Waals surface area contributed by atoms with Gasteiger partial charge in [-0.1, -0.05) is 30.5 Å². The van der Waals surface area contributed by atoms with Gasteiger partial charge in [0.25, 0.3) is 0 Å². The Morgan fingerprint density at radius 3 is 2.50 bits per heavy atom. The molecule has 0 unspecified atom stereocenters. The first-order chi connectivity index (χ1) is 6.62. The van der Waals surface area contributed by atoms with Crippen LogP contribution in [0.25, 0.3) is 0 Å². The fourth-order valence-electron chi connectivity index (χ4n) is 2.10. The van der Waals surface area contributed by atoms with Crippen molar-refractivity contribution in [2.24, 2.45) is 5.73 Å². The number of halogens is 2. The van der Waals surface area contributed by atoms with E-state index in [1.165, 1.54) is 18.4 Å². The zero-order chi connectivity index (χ0) is 10.2. The summed E-state index contributed by atoms with van der Waals surface area (Å²) in [5.74, 6) is 0. The Morgan fingerprint density at radius 2 is 1.93 bits per heavy atom. The zero-order valence-corrected chi connectivity index (χ0v) is 10.8. The molecule has 2 rings (SSSR count). The molecule has 2 N–H and O–H groups in total. The van der Waals surface area contributed by atoms with Crippen LogP contribution in [0.5, 0.6) is 0 Å². The zero-order valence-electron chi connectivity index (χ0n) is 7.89. The molecule has 1 saturated carbocycles. The average Bonchev–Trinajstić information content (AvgIpc) is 2.58. The molecule has 1 aliphatic carbocycles. The van der Waals surface area contributed by atoms with Gasteiger partial charge in [0.2, 0.25) is 0 Å². The maximum absolute atomic E-state index is 6.34. The maximum Gasteiger partial charge on any atom is 0.0542 e. The summed E-state index contributed by atoms with van der Waals surface area (Å²) in [6.45, 7) is 0. The Morgan fingerprint density at radius 1 is 1.29 bits per heavy atom. The number of hydrogen-bond acceptors (Lipinski definition) is 1. The van der Waals surface area contributed by atoms with E-state index in [0.29, 0.717) is 0 Å². The molecule has 0 spiro atoms. The fraction of sp³-hybridized carbons (Fsp3) is 0.455. The molecule has 1 fully saturated rings. The second-order valence-corrected chi connectivity index (χ2v) is 5.56. The fourth-order valence-corrected chi connectivity index (χ4v) is 2.62. The summed E-state index contributed by atoms with van der Waals surface area (Å²) < 4.78 is 1.09.